The average molecular weight is 433 g/mol. The minimum Gasteiger partial charge on any atom is -0.444 e. The number of benzene rings is 1. The Hall–Kier alpha value is -1.11. The number of nitrogens with zero attached hydrogens (tertiary/aromatic N) is 2. The van der Waals surface area contributed by atoms with E-state index >= 15 is 0 Å². The molecular formula is C19H26Cl2N2O3S. The van der Waals surface area contributed by atoms with Crippen molar-refractivity contribution < 1.29 is 14.3 Å². The van der Waals surface area contributed by atoms with Crippen molar-refractivity contribution in [3.8, 4) is 0 Å². The Morgan fingerprint density at radius 2 is 1.89 bits per heavy atom. The van der Waals surface area contributed by atoms with Crippen molar-refractivity contribution in [3.05, 3.63) is 28.2 Å². The molecule has 8 heteroatoms. The van der Waals surface area contributed by atoms with E-state index in [4.69, 9.17) is 27.9 Å². The molecule has 1 aromatic rings. The molecule has 0 saturated carbocycles. The molecule has 0 bridgehead atoms. The number of ether oxygens (including phenoxy) is 1. The third-order valence-electron chi connectivity index (χ3n) is 4.30. The molecule has 5 nitrogen and oxygen atoms in total. The summed E-state index contributed by atoms with van der Waals surface area (Å²) in [5.74, 6) is 0.329. The van der Waals surface area contributed by atoms with E-state index in [1.165, 1.54) is 11.8 Å². The van der Waals surface area contributed by atoms with Crippen molar-refractivity contribution in [3.63, 3.8) is 0 Å². The Kier molecular flexibility index (Phi) is 7.72. The maximum atomic E-state index is 12.5. The highest BCUT2D eigenvalue weighted by molar-refractivity contribution is 8.00. The fourth-order valence-corrected chi connectivity index (χ4v) is 4.21. The molecule has 1 heterocycles. The van der Waals surface area contributed by atoms with Gasteiger partial charge in [-0.3, -0.25) is 4.79 Å². The molecule has 27 heavy (non-hydrogen) atoms. The minimum absolute atomic E-state index is 0.0340. The SMILES string of the molecule is CN(C(=O)CSc1cc(Cl)ccc1Cl)C1CCN(C(=O)OC(C)(C)C)CC1. The quantitative estimate of drug-likeness (QED) is 0.631. The van der Waals surface area contributed by atoms with Gasteiger partial charge in [0.05, 0.1) is 10.8 Å². The fraction of sp³-hybridized carbons (Fsp3) is 0.579. The molecule has 0 unspecified atom stereocenters. The van der Waals surface area contributed by atoms with Gasteiger partial charge in [0, 0.05) is 36.1 Å². The van der Waals surface area contributed by atoms with E-state index in [-0.39, 0.29) is 18.0 Å². The Labute approximate surface area is 175 Å². The summed E-state index contributed by atoms with van der Waals surface area (Å²) in [6.45, 7) is 6.74. The normalized spacial score (nSPS) is 15.6. The van der Waals surface area contributed by atoms with Crippen LogP contribution in [0.5, 0.6) is 0 Å². The summed E-state index contributed by atoms with van der Waals surface area (Å²) >= 11 is 13.5. The van der Waals surface area contributed by atoms with Crippen LogP contribution in [0.1, 0.15) is 33.6 Å². The molecule has 0 aliphatic carbocycles. The monoisotopic (exact) mass is 432 g/mol. The molecule has 0 atom stereocenters. The number of amides is 2. The van der Waals surface area contributed by atoms with Crippen molar-refractivity contribution in [2.45, 2.75) is 50.2 Å². The number of carbonyl (C=O) groups excluding carboxylic acids is 2. The first-order valence-electron chi connectivity index (χ1n) is 8.88. The van der Waals surface area contributed by atoms with Crippen LogP contribution in [-0.2, 0) is 9.53 Å². The van der Waals surface area contributed by atoms with Gasteiger partial charge in [-0.2, -0.15) is 0 Å². The molecule has 0 radical (unpaired) electrons. The van der Waals surface area contributed by atoms with E-state index in [1.54, 1.807) is 28.0 Å². The average Bonchev–Trinajstić information content (AvgIpc) is 2.60. The molecule has 2 rings (SSSR count). The number of hydrogen-bond acceptors (Lipinski definition) is 4. The smallest absolute Gasteiger partial charge is 0.410 e. The zero-order valence-electron chi connectivity index (χ0n) is 16.1. The lowest BCUT2D eigenvalue weighted by molar-refractivity contribution is -0.129. The molecule has 1 aliphatic heterocycles. The van der Waals surface area contributed by atoms with Crippen molar-refractivity contribution in [2.75, 3.05) is 25.9 Å². The van der Waals surface area contributed by atoms with Crippen LogP contribution in [0.25, 0.3) is 0 Å². The Morgan fingerprint density at radius 3 is 2.48 bits per heavy atom. The summed E-state index contributed by atoms with van der Waals surface area (Å²) in [6.07, 6.45) is 1.19. The highest BCUT2D eigenvalue weighted by atomic mass is 35.5. The topological polar surface area (TPSA) is 49.9 Å². The predicted octanol–water partition coefficient (Wildman–Crippen LogP) is 4.94. The number of halogens is 2. The van der Waals surface area contributed by atoms with Crippen LogP contribution >= 0.6 is 35.0 Å². The second-order valence-electron chi connectivity index (χ2n) is 7.57. The number of hydrogen-bond donors (Lipinski definition) is 0. The van der Waals surface area contributed by atoms with Crippen molar-refractivity contribution in [1.29, 1.82) is 0 Å². The van der Waals surface area contributed by atoms with Crippen molar-refractivity contribution >= 4 is 47.0 Å². The Balaban J connectivity index is 1.82. The van der Waals surface area contributed by atoms with Gasteiger partial charge in [-0.25, -0.2) is 4.79 Å². The highest BCUT2D eigenvalue weighted by Gasteiger charge is 2.29. The molecule has 1 fully saturated rings. The van der Waals surface area contributed by atoms with E-state index in [2.05, 4.69) is 0 Å². The maximum absolute atomic E-state index is 12.5. The van der Waals surface area contributed by atoms with Crippen molar-refractivity contribution in [1.82, 2.24) is 9.80 Å². The van der Waals surface area contributed by atoms with Crippen LogP contribution in [0, 0.1) is 0 Å². The van der Waals surface area contributed by atoms with Crippen LogP contribution in [0.4, 0.5) is 4.79 Å². The second-order valence-corrected chi connectivity index (χ2v) is 9.43. The minimum atomic E-state index is -0.500. The number of carbonyl (C=O) groups is 2. The molecule has 0 aromatic heterocycles. The van der Waals surface area contributed by atoms with E-state index in [0.717, 1.165) is 17.7 Å². The molecule has 0 N–H and O–H groups in total. The van der Waals surface area contributed by atoms with E-state index in [1.807, 2.05) is 27.8 Å². The third-order valence-corrected chi connectivity index (χ3v) is 6.02. The first-order valence-corrected chi connectivity index (χ1v) is 10.6. The van der Waals surface area contributed by atoms with Crippen molar-refractivity contribution in [2.24, 2.45) is 0 Å². The van der Waals surface area contributed by atoms with Gasteiger partial charge in [0.1, 0.15) is 5.60 Å². The maximum Gasteiger partial charge on any atom is 0.410 e. The summed E-state index contributed by atoms with van der Waals surface area (Å²) in [4.78, 5) is 29.0. The van der Waals surface area contributed by atoms with Gasteiger partial charge in [0.15, 0.2) is 0 Å². The van der Waals surface area contributed by atoms with Gasteiger partial charge < -0.3 is 14.5 Å². The van der Waals surface area contributed by atoms with Gasteiger partial charge in [0.25, 0.3) is 0 Å². The lowest BCUT2D eigenvalue weighted by Gasteiger charge is -2.37. The zero-order valence-corrected chi connectivity index (χ0v) is 18.5. The fourth-order valence-electron chi connectivity index (χ4n) is 2.79. The van der Waals surface area contributed by atoms with E-state index < -0.39 is 5.60 Å². The van der Waals surface area contributed by atoms with Gasteiger partial charge in [-0.15, -0.1) is 11.8 Å². The van der Waals surface area contributed by atoms with Crippen LogP contribution in [0.15, 0.2) is 23.1 Å². The number of rotatable bonds is 4. The molecule has 150 valence electrons. The second kappa shape index (κ2) is 9.39. The molecule has 1 aliphatic rings. The van der Waals surface area contributed by atoms with Gasteiger partial charge in [-0.1, -0.05) is 23.2 Å². The first kappa shape index (κ1) is 22.2. The standard InChI is InChI=1S/C19H26Cl2N2O3S/c1-19(2,3)26-18(25)23-9-7-14(8-10-23)22(4)17(24)12-27-16-11-13(20)5-6-15(16)21/h5-6,11,14H,7-10,12H2,1-4H3. The highest BCUT2D eigenvalue weighted by Crippen LogP contribution is 2.30. The first-order chi connectivity index (χ1) is 12.6. The number of piperidine rings is 1. The molecule has 1 aromatic carbocycles. The van der Waals surface area contributed by atoms with Crippen LogP contribution in [-0.4, -0.2) is 59.3 Å². The lowest BCUT2D eigenvalue weighted by atomic mass is 10.0. The van der Waals surface area contributed by atoms with E-state index in [9.17, 15) is 9.59 Å². The molecular weight excluding hydrogens is 407 g/mol. The third kappa shape index (κ3) is 6.77. The Morgan fingerprint density at radius 1 is 1.26 bits per heavy atom. The summed E-state index contributed by atoms with van der Waals surface area (Å²) in [5, 5.41) is 1.18. The zero-order chi connectivity index (χ0) is 20.2. The molecule has 2 amide bonds. The largest absolute Gasteiger partial charge is 0.444 e. The summed E-state index contributed by atoms with van der Waals surface area (Å²) < 4.78 is 5.41. The van der Waals surface area contributed by atoms with Gasteiger partial charge >= 0.3 is 6.09 Å². The molecule has 0 spiro atoms. The molecule has 1 saturated heterocycles. The summed E-state index contributed by atoms with van der Waals surface area (Å²) in [6, 6.07) is 5.33. The number of thioether (sulfide) groups is 1. The lowest BCUT2D eigenvalue weighted by Crippen LogP contribution is -2.48. The predicted molar refractivity (Wildman–Crippen MR) is 111 cm³/mol. The van der Waals surface area contributed by atoms with Crippen LogP contribution in [0.3, 0.4) is 0 Å². The van der Waals surface area contributed by atoms with Gasteiger partial charge in [-0.05, 0) is 51.8 Å². The van der Waals surface area contributed by atoms with Gasteiger partial charge in [0.2, 0.25) is 5.91 Å². The van der Waals surface area contributed by atoms with Crippen LogP contribution in [0.2, 0.25) is 10.0 Å². The number of likely N-dealkylation sites (tertiary alicyclic amines) is 1. The summed E-state index contributed by atoms with van der Waals surface area (Å²) in [7, 11) is 1.82. The van der Waals surface area contributed by atoms with Crippen LogP contribution < -0.4 is 0 Å². The Bertz CT molecular complexity index is 686. The van der Waals surface area contributed by atoms with E-state index in [0.29, 0.717) is 28.9 Å². The summed E-state index contributed by atoms with van der Waals surface area (Å²) in [5.41, 5.74) is -0.500.